The molecule has 2 aromatic carbocycles. The lowest BCUT2D eigenvalue weighted by Crippen LogP contribution is -2.30. The van der Waals surface area contributed by atoms with E-state index in [1.54, 1.807) is 21.6 Å². The lowest BCUT2D eigenvalue weighted by molar-refractivity contribution is 0.547. The first kappa shape index (κ1) is 23.5. The molecule has 0 unspecified atom stereocenters. The van der Waals surface area contributed by atoms with Gasteiger partial charge in [-0.15, -0.1) is 0 Å². The third-order valence-electron chi connectivity index (χ3n) is 3.92. The molecule has 2 aromatic rings. The van der Waals surface area contributed by atoms with Crippen LogP contribution in [-0.2, 0) is 0 Å². The van der Waals surface area contributed by atoms with Crippen molar-refractivity contribution >= 4 is 38.2 Å². The average molecular weight is 451 g/mol. The molecule has 2 nitrogen and oxygen atoms in total. The number of benzene rings is 2. The van der Waals surface area contributed by atoms with Gasteiger partial charge in [-0.1, -0.05) is 21.6 Å². The van der Waals surface area contributed by atoms with Crippen LogP contribution in [0, 0.1) is 27.7 Å². The predicted molar refractivity (Wildman–Crippen MR) is 131 cm³/mol. The molecular weight excluding hydrogens is 417 g/mol. The molecule has 0 saturated heterocycles. The Labute approximate surface area is 181 Å². The molecule has 0 N–H and O–H groups in total. The summed E-state index contributed by atoms with van der Waals surface area (Å²) in [6, 6.07) is 8.95. The van der Waals surface area contributed by atoms with Crippen LogP contribution in [0.4, 0.5) is 0 Å². The minimum Gasteiger partial charge on any atom is -0.544 e. The quantitative estimate of drug-likeness (QED) is 0.313. The molecule has 0 amide bonds. The maximum atomic E-state index is 6.28. The fourth-order valence-electron chi connectivity index (χ4n) is 2.95. The van der Waals surface area contributed by atoms with Crippen molar-refractivity contribution in [1.29, 1.82) is 0 Å². The Bertz CT molecular complexity index is 735. The highest BCUT2D eigenvalue weighted by Gasteiger charge is 2.20. The van der Waals surface area contributed by atoms with E-state index in [4.69, 9.17) is 8.85 Å². The molecule has 0 bridgehead atoms. The van der Waals surface area contributed by atoms with Gasteiger partial charge in [0.1, 0.15) is 11.5 Å². The van der Waals surface area contributed by atoms with Gasteiger partial charge in [-0.2, -0.15) is 0 Å². The topological polar surface area (TPSA) is 18.5 Å². The highest BCUT2D eigenvalue weighted by atomic mass is 33.1. The second kappa shape index (κ2) is 8.90. The van der Waals surface area contributed by atoms with Crippen LogP contribution >= 0.6 is 21.6 Å². The van der Waals surface area contributed by atoms with Gasteiger partial charge in [0.15, 0.2) is 0 Å². The van der Waals surface area contributed by atoms with E-state index in [1.165, 1.54) is 32.0 Å². The lowest BCUT2D eigenvalue weighted by atomic mass is 10.1. The van der Waals surface area contributed by atoms with E-state index in [0.29, 0.717) is 0 Å². The second-order valence-electron chi connectivity index (χ2n) is 9.37. The molecule has 0 radical (unpaired) electrons. The first-order valence-corrected chi connectivity index (χ1v) is 18.7. The van der Waals surface area contributed by atoms with Crippen molar-refractivity contribution in [2.75, 3.05) is 0 Å². The Morgan fingerprint density at radius 3 is 1.00 bits per heavy atom. The highest BCUT2D eigenvalue weighted by molar-refractivity contribution is 8.76. The van der Waals surface area contributed by atoms with Gasteiger partial charge < -0.3 is 8.85 Å². The summed E-state index contributed by atoms with van der Waals surface area (Å²) in [5.41, 5.74) is 4.88. The fourth-order valence-corrected chi connectivity index (χ4v) is 7.06. The van der Waals surface area contributed by atoms with Crippen LogP contribution < -0.4 is 8.85 Å². The second-order valence-corrected chi connectivity index (χ2v) is 20.5. The van der Waals surface area contributed by atoms with Crippen LogP contribution in [0.25, 0.3) is 0 Å². The molecule has 0 spiro atoms. The summed E-state index contributed by atoms with van der Waals surface area (Å²) in [5, 5.41) is 0. The number of hydrogen-bond donors (Lipinski definition) is 0. The standard InChI is InChI=1S/C22H34O2S2Si2/c1-15-11-19(12-16(2)21(15)23-27(5,6)7)25-26-20-13-17(3)22(18(4)14-20)24-28(8,9)10/h11-14H,1-10H3. The third kappa shape index (κ3) is 6.90. The highest BCUT2D eigenvalue weighted by Crippen LogP contribution is 2.42. The summed E-state index contributed by atoms with van der Waals surface area (Å²) in [4.78, 5) is 2.53. The van der Waals surface area contributed by atoms with Gasteiger partial charge in [0.2, 0.25) is 16.6 Å². The van der Waals surface area contributed by atoms with E-state index in [2.05, 4.69) is 91.2 Å². The van der Waals surface area contributed by atoms with Crippen LogP contribution in [0.3, 0.4) is 0 Å². The minimum atomic E-state index is -1.61. The van der Waals surface area contributed by atoms with E-state index in [0.717, 1.165) is 11.5 Å². The Balaban J connectivity index is 2.16. The van der Waals surface area contributed by atoms with Gasteiger partial charge in [-0.3, -0.25) is 0 Å². The SMILES string of the molecule is Cc1cc(SSc2cc(C)c(O[Si](C)(C)C)c(C)c2)cc(C)c1O[Si](C)(C)C. The average Bonchev–Trinajstić information content (AvgIpc) is 2.51. The summed E-state index contributed by atoms with van der Waals surface area (Å²) >= 11 is 0. The maximum Gasteiger partial charge on any atom is 0.242 e. The van der Waals surface area contributed by atoms with E-state index >= 15 is 0 Å². The van der Waals surface area contributed by atoms with Crippen molar-refractivity contribution in [2.24, 2.45) is 0 Å². The maximum absolute atomic E-state index is 6.28. The van der Waals surface area contributed by atoms with Gasteiger partial charge in [0.05, 0.1) is 0 Å². The Morgan fingerprint density at radius 1 is 0.536 bits per heavy atom. The van der Waals surface area contributed by atoms with Crippen molar-refractivity contribution in [2.45, 2.75) is 76.8 Å². The van der Waals surface area contributed by atoms with Gasteiger partial charge >= 0.3 is 0 Å². The summed E-state index contributed by atoms with van der Waals surface area (Å²) < 4.78 is 12.6. The zero-order valence-corrected chi connectivity index (χ0v) is 22.6. The molecule has 2 rings (SSSR count). The van der Waals surface area contributed by atoms with E-state index in [-0.39, 0.29) is 0 Å². The normalized spacial score (nSPS) is 12.2. The van der Waals surface area contributed by atoms with Gasteiger partial charge in [-0.25, -0.2) is 0 Å². The van der Waals surface area contributed by atoms with Crippen LogP contribution in [0.1, 0.15) is 22.3 Å². The molecule has 0 heterocycles. The first-order valence-electron chi connectivity index (χ1n) is 9.70. The Kier molecular flexibility index (Phi) is 7.45. The van der Waals surface area contributed by atoms with Crippen LogP contribution in [0.5, 0.6) is 11.5 Å². The molecule has 6 heteroatoms. The summed E-state index contributed by atoms with van der Waals surface area (Å²) in [5.74, 6) is 2.13. The largest absolute Gasteiger partial charge is 0.544 e. The molecule has 0 aliphatic rings. The van der Waals surface area contributed by atoms with Crippen molar-refractivity contribution < 1.29 is 8.85 Å². The van der Waals surface area contributed by atoms with E-state index in [9.17, 15) is 0 Å². The lowest BCUT2D eigenvalue weighted by Gasteiger charge is -2.23. The van der Waals surface area contributed by atoms with Gasteiger partial charge in [0, 0.05) is 9.79 Å². The molecule has 28 heavy (non-hydrogen) atoms. The summed E-state index contributed by atoms with van der Waals surface area (Å²) in [7, 11) is 0.399. The van der Waals surface area contributed by atoms with Gasteiger partial charge in [-0.05, 0) is 113 Å². The fraction of sp³-hybridized carbons (Fsp3) is 0.455. The molecule has 0 aliphatic heterocycles. The molecule has 0 saturated carbocycles. The van der Waals surface area contributed by atoms with E-state index in [1.807, 2.05) is 0 Å². The summed E-state index contributed by atoms with van der Waals surface area (Å²) in [6.45, 7) is 21.9. The number of aryl methyl sites for hydroxylation is 4. The third-order valence-corrected chi connectivity index (χ3v) is 7.90. The van der Waals surface area contributed by atoms with Crippen molar-refractivity contribution in [3.05, 3.63) is 46.5 Å². The molecular formula is C22H34O2S2Si2. The van der Waals surface area contributed by atoms with Crippen LogP contribution in [0.2, 0.25) is 39.3 Å². The van der Waals surface area contributed by atoms with E-state index < -0.39 is 16.6 Å². The van der Waals surface area contributed by atoms with Crippen molar-refractivity contribution in [1.82, 2.24) is 0 Å². The van der Waals surface area contributed by atoms with Crippen molar-refractivity contribution in [3.8, 4) is 11.5 Å². The zero-order valence-electron chi connectivity index (χ0n) is 18.9. The van der Waals surface area contributed by atoms with Crippen molar-refractivity contribution in [3.63, 3.8) is 0 Å². The number of hydrogen-bond acceptors (Lipinski definition) is 4. The smallest absolute Gasteiger partial charge is 0.242 e. The molecule has 0 aliphatic carbocycles. The van der Waals surface area contributed by atoms with Crippen LogP contribution in [-0.4, -0.2) is 16.6 Å². The zero-order chi connectivity index (χ0) is 21.3. The Morgan fingerprint density at radius 2 is 0.786 bits per heavy atom. The predicted octanol–water partition coefficient (Wildman–Crippen LogP) is 8.15. The Hall–Kier alpha value is -0.826. The molecule has 0 atom stereocenters. The van der Waals surface area contributed by atoms with Crippen LogP contribution in [0.15, 0.2) is 34.1 Å². The summed E-state index contributed by atoms with van der Waals surface area (Å²) in [6.07, 6.45) is 0. The number of rotatable bonds is 7. The molecule has 0 fully saturated rings. The monoisotopic (exact) mass is 450 g/mol. The minimum absolute atomic E-state index is 1.06. The molecule has 0 aromatic heterocycles. The first-order chi connectivity index (χ1) is 12.7. The van der Waals surface area contributed by atoms with Gasteiger partial charge in [0.25, 0.3) is 0 Å². The molecule has 154 valence electrons.